The van der Waals surface area contributed by atoms with Crippen molar-refractivity contribution in [3.63, 3.8) is 0 Å². The molecule has 0 unspecified atom stereocenters. The summed E-state index contributed by atoms with van der Waals surface area (Å²) in [5.41, 5.74) is 6.87. The predicted molar refractivity (Wildman–Crippen MR) is 81.2 cm³/mol. The molecular formula is C12H14N2O2S3. The van der Waals surface area contributed by atoms with Crippen LogP contribution in [0, 0.1) is 0 Å². The standard InChI is InChI=1S/C12H14N2O2S3/c1-17-11-4-2-3-10(6-11)14-19(15,16)12-5-9(7-13)8-18-12/h2-6,8,14H,7,13H2,1H3. The van der Waals surface area contributed by atoms with Crippen molar-refractivity contribution < 1.29 is 8.42 Å². The van der Waals surface area contributed by atoms with E-state index in [1.807, 2.05) is 18.4 Å². The van der Waals surface area contributed by atoms with Crippen LogP contribution in [-0.2, 0) is 16.6 Å². The molecule has 0 spiro atoms. The molecule has 3 N–H and O–H groups in total. The van der Waals surface area contributed by atoms with Crippen LogP contribution >= 0.6 is 23.1 Å². The van der Waals surface area contributed by atoms with Gasteiger partial charge in [0.2, 0.25) is 0 Å². The average Bonchev–Trinajstić information content (AvgIpc) is 2.88. The molecule has 0 aliphatic carbocycles. The van der Waals surface area contributed by atoms with Gasteiger partial charge in [0.25, 0.3) is 10.0 Å². The van der Waals surface area contributed by atoms with Crippen LogP contribution in [0.25, 0.3) is 0 Å². The lowest BCUT2D eigenvalue weighted by Gasteiger charge is -2.07. The summed E-state index contributed by atoms with van der Waals surface area (Å²) < 4.78 is 27.2. The largest absolute Gasteiger partial charge is 0.326 e. The van der Waals surface area contributed by atoms with Gasteiger partial charge in [-0.05, 0) is 41.5 Å². The normalized spacial score (nSPS) is 11.5. The number of thiophene rings is 1. The quantitative estimate of drug-likeness (QED) is 0.832. The van der Waals surface area contributed by atoms with E-state index in [2.05, 4.69) is 4.72 Å². The van der Waals surface area contributed by atoms with Crippen LogP contribution < -0.4 is 10.5 Å². The zero-order chi connectivity index (χ0) is 13.9. The van der Waals surface area contributed by atoms with Gasteiger partial charge in [-0.2, -0.15) is 0 Å². The molecule has 1 aromatic heterocycles. The molecule has 102 valence electrons. The highest BCUT2D eigenvalue weighted by Gasteiger charge is 2.16. The van der Waals surface area contributed by atoms with Gasteiger partial charge < -0.3 is 5.73 Å². The second kappa shape index (κ2) is 5.96. The van der Waals surface area contributed by atoms with Crippen LogP contribution in [0.5, 0.6) is 0 Å². The van der Waals surface area contributed by atoms with Crippen molar-refractivity contribution in [3.8, 4) is 0 Å². The van der Waals surface area contributed by atoms with Crippen molar-refractivity contribution >= 4 is 38.8 Å². The molecule has 19 heavy (non-hydrogen) atoms. The van der Waals surface area contributed by atoms with Crippen molar-refractivity contribution in [1.82, 2.24) is 0 Å². The van der Waals surface area contributed by atoms with Gasteiger partial charge in [0.1, 0.15) is 4.21 Å². The van der Waals surface area contributed by atoms with E-state index in [1.165, 1.54) is 11.3 Å². The van der Waals surface area contributed by atoms with Crippen molar-refractivity contribution in [2.75, 3.05) is 11.0 Å². The summed E-state index contributed by atoms with van der Waals surface area (Å²) in [5.74, 6) is 0. The fourth-order valence-corrected chi connectivity index (χ4v) is 4.22. The number of benzene rings is 1. The minimum Gasteiger partial charge on any atom is -0.326 e. The van der Waals surface area contributed by atoms with Crippen molar-refractivity contribution in [2.45, 2.75) is 15.6 Å². The average molecular weight is 314 g/mol. The van der Waals surface area contributed by atoms with E-state index in [0.717, 1.165) is 10.5 Å². The molecular weight excluding hydrogens is 300 g/mol. The molecule has 7 heteroatoms. The third kappa shape index (κ3) is 3.50. The Kier molecular flexibility index (Phi) is 4.51. The first-order valence-electron chi connectivity index (χ1n) is 5.49. The van der Waals surface area contributed by atoms with Crippen molar-refractivity contribution in [2.24, 2.45) is 5.73 Å². The van der Waals surface area contributed by atoms with E-state index in [1.54, 1.807) is 35.3 Å². The molecule has 0 aliphatic heterocycles. The molecule has 0 amide bonds. The maximum atomic E-state index is 12.2. The lowest BCUT2D eigenvalue weighted by atomic mass is 10.3. The first kappa shape index (κ1) is 14.4. The smallest absolute Gasteiger partial charge is 0.271 e. The zero-order valence-corrected chi connectivity index (χ0v) is 12.7. The Bertz CT molecular complexity index is 665. The number of hydrogen-bond acceptors (Lipinski definition) is 5. The molecule has 0 radical (unpaired) electrons. The molecule has 0 saturated carbocycles. The summed E-state index contributed by atoms with van der Waals surface area (Å²) in [6.45, 7) is 0.341. The number of anilines is 1. The fourth-order valence-electron chi connectivity index (χ4n) is 1.49. The lowest BCUT2D eigenvalue weighted by Crippen LogP contribution is -2.11. The Morgan fingerprint density at radius 2 is 2.16 bits per heavy atom. The molecule has 0 bridgehead atoms. The van der Waals surface area contributed by atoms with E-state index in [-0.39, 0.29) is 4.21 Å². The summed E-state index contributed by atoms with van der Waals surface area (Å²) in [4.78, 5) is 1.01. The van der Waals surface area contributed by atoms with Crippen LogP contribution in [0.2, 0.25) is 0 Å². The Balaban J connectivity index is 2.25. The highest BCUT2D eigenvalue weighted by molar-refractivity contribution is 7.98. The second-order valence-corrected chi connectivity index (χ2v) is 7.52. The van der Waals surface area contributed by atoms with E-state index < -0.39 is 10.0 Å². The minimum atomic E-state index is -3.52. The van der Waals surface area contributed by atoms with Gasteiger partial charge in [0, 0.05) is 17.1 Å². The summed E-state index contributed by atoms with van der Waals surface area (Å²) in [6, 6.07) is 8.89. The maximum absolute atomic E-state index is 12.2. The number of rotatable bonds is 5. The number of hydrogen-bond donors (Lipinski definition) is 2. The highest BCUT2D eigenvalue weighted by Crippen LogP contribution is 2.25. The number of sulfonamides is 1. The minimum absolute atomic E-state index is 0.280. The highest BCUT2D eigenvalue weighted by atomic mass is 32.2. The lowest BCUT2D eigenvalue weighted by molar-refractivity contribution is 0.603. The van der Waals surface area contributed by atoms with Crippen molar-refractivity contribution in [1.29, 1.82) is 0 Å². The molecule has 1 aromatic carbocycles. The topological polar surface area (TPSA) is 72.2 Å². The summed E-state index contributed by atoms with van der Waals surface area (Å²) in [5, 5.41) is 1.76. The molecule has 0 fully saturated rings. The van der Waals surface area contributed by atoms with Crippen LogP contribution in [0.3, 0.4) is 0 Å². The van der Waals surface area contributed by atoms with Crippen LogP contribution in [0.15, 0.2) is 44.8 Å². The summed E-state index contributed by atoms with van der Waals surface area (Å²) >= 11 is 2.74. The van der Waals surface area contributed by atoms with Gasteiger partial charge in [0.05, 0.1) is 0 Å². The number of thioether (sulfide) groups is 1. The van der Waals surface area contributed by atoms with Gasteiger partial charge >= 0.3 is 0 Å². The van der Waals surface area contributed by atoms with E-state index in [0.29, 0.717) is 12.2 Å². The molecule has 0 atom stereocenters. The summed E-state index contributed by atoms with van der Waals surface area (Å²) in [7, 11) is -3.52. The first-order chi connectivity index (χ1) is 9.05. The second-order valence-electron chi connectivity index (χ2n) is 3.82. The monoisotopic (exact) mass is 314 g/mol. The van der Waals surface area contributed by atoms with Crippen molar-refractivity contribution in [3.05, 3.63) is 41.3 Å². The molecule has 2 rings (SSSR count). The van der Waals surface area contributed by atoms with Gasteiger partial charge in [-0.1, -0.05) is 6.07 Å². The Labute approximate surface area is 121 Å². The predicted octanol–water partition coefficient (Wildman–Crippen LogP) is 2.73. The molecule has 2 aromatic rings. The van der Waals surface area contributed by atoms with Crippen LogP contribution in [-0.4, -0.2) is 14.7 Å². The summed E-state index contributed by atoms with van der Waals surface area (Å²) in [6.07, 6.45) is 1.94. The molecule has 4 nitrogen and oxygen atoms in total. The Morgan fingerprint density at radius 3 is 2.79 bits per heavy atom. The maximum Gasteiger partial charge on any atom is 0.271 e. The molecule has 0 aliphatic rings. The Morgan fingerprint density at radius 1 is 1.37 bits per heavy atom. The van der Waals surface area contributed by atoms with E-state index in [4.69, 9.17) is 5.73 Å². The molecule has 0 saturated heterocycles. The Hall–Kier alpha value is -1.02. The first-order valence-corrected chi connectivity index (χ1v) is 9.08. The van der Waals surface area contributed by atoms with Crippen LogP contribution in [0.1, 0.15) is 5.56 Å². The van der Waals surface area contributed by atoms with Gasteiger partial charge in [-0.25, -0.2) is 8.42 Å². The number of nitrogens with two attached hydrogens (primary N) is 1. The zero-order valence-electron chi connectivity index (χ0n) is 10.3. The fraction of sp³-hybridized carbons (Fsp3) is 0.167. The SMILES string of the molecule is CSc1cccc(NS(=O)(=O)c2cc(CN)cs2)c1. The third-order valence-electron chi connectivity index (χ3n) is 2.45. The molecule has 1 heterocycles. The number of nitrogens with one attached hydrogen (secondary N) is 1. The van der Waals surface area contributed by atoms with Crippen LogP contribution in [0.4, 0.5) is 5.69 Å². The van der Waals surface area contributed by atoms with E-state index >= 15 is 0 Å². The van der Waals surface area contributed by atoms with E-state index in [9.17, 15) is 8.42 Å². The van der Waals surface area contributed by atoms with Gasteiger partial charge in [-0.15, -0.1) is 23.1 Å². The third-order valence-corrected chi connectivity index (χ3v) is 6.05. The van der Waals surface area contributed by atoms with Gasteiger partial charge in [-0.3, -0.25) is 4.72 Å². The van der Waals surface area contributed by atoms with Gasteiger partial charge in [0.15, 0.2) is 0 Å².